The number of nitrogens with one attached hydrogen (secondary N) is 1. The summed E-state index contributed by atoms with van der Waals surface area (Å²) in [6.45, 7) is 2.39. The second-order valence-corrected chi connectivity index (χ2v) is 7.64. The number of benzene rings is 2. The molecule has 2 N–H and O–H groups in total. The molecular weight excluding hydrogens is 352 g/mol. The van der Waals surface area contributed by atoms with E-state index < -0.39 is 6.10 Å². The molecule has 0 aromatic heterocycles. The Morgan fingerprint density at radius 2 is 1.89 bits per heavy atom. The van der Waals surface area contributed by atoms with Crippen LogP contribution < -0.4 is 14.8 Å². The van der Waals surface area contributed by atoms with Crippen molar-refractivity contribution in [2.75, 3.05) is 27.3 Å². The molecule has 3 rings (SSSR count). The van der Waals surface area contributed by atoms with Gasteiger partial charge in [-0.3, -0.25) is 4.90 Å². The number of methoxy groups -OCH3 is 1. The van der Waals surface area contributed by atoms with Gasteiger partial charge in [-0.2, -0.15) is 0 Å². The van der Waals surface area contributed by atoms with Crippen LogP contribution in [0.4, 0.5) is 0 Å². The van der Waals surface area contributed by atoms with Gasteiger partial charge in [0.1, 0.15) is 12.7 Å². The summed E-state index contributed by atoms with van der Waals surface area (Å²) in [4.78, 5) is 2.10. The SMILES string of the molecule is COc1ccc(CNC2CCC2)cc1OCC(O)CN(C)Cc1ccccc1. The minimum atomic E-state index is -0.574. The van der Waals surface area contributed by atoms with Gasteiger partial charge in [0.2, 0.25) is 0 Å². The first-order valence-corrected chi connectivity index (χ1v) is 10.1. The lowest BCUT2D eigenvalue weighted by molar-refractivity contribution is 0.0732. The molecule has 1 saturated carbocycles. The monoisotopic (exact) mass is 384 g/mol. The van der Waals surface area contributed by atoms with Gasteiger partial charge in [0.15, 0.2) is 11.5 Å². The average Bonchev–Trinajstić information content (AvgIpc) is 2.66. The molecule has 152 valence electrons. The van der Waals surface area contributed by atoms with Crippen molar-refractivity contribution < 1.29 is 14.6 Å². The Hall–Kier alpha value is -2.08. The maximum absolute atomic E-state index is 10.4. The van der Waals surface area contributed by atoms with Crippen molar-refractivity contribution >= 4 is 0 Å². The Labute approximate surface area is 168 Å². The highest BCUT2D eigenvalue weighted by Gasteiger charge is 2.17. The lowest BCUT2D eigenvalue weighted by Crippen LogP contribution is -2.34. The quantitative estimate of drug-likeness (QED) is 0.623. The van der Waals surface area contributed by atoms with Crippen LogP contribution in [0.2, 0.25) is 0 Å². The molecule has 0 spiro atoms. The van der Waals surface area contributed by atoms with Crippen molar-refractivity contribution in [3.63, 3.8) is 0 Å². The molecule has 0 saturated heterocycles. The Morgan fingerprint density at radius 3 is 2.57 bits per heavy atom. The largest absolute Gasteiger partial charge is 0.493 e. The zero-order valence-corrected chi connectivity index (χ0v) is 16.9. The van der Waals surface area contributed by atoms with Crippen molar-refractivity contribution in [2.45, 2.75) is 44.5 Å². The van der Waals surface area contributed by atoms with Gasteiger partial charge in [-0.15, -0.1) is 0 Å². The van der Waals surface area contributed by atoms with Crippen LogP contribution in [0.25, 0.3) is 0 Å². The van der Waals surface area contributed by atoms with Crippen LogP contribution in [-0.4, -0.2) is 49.5 Å². The number of aliphatic hydroxyl groups is 1. The van der Waals surface area contributed by atoms with Crippen molar-refractivity contribution in [2.24, 2.45) is 0 Å². The van der Waals surface area contributed by atoms with E-state index in [4.69, 9.17) is 9.47 Å². The van der Waals surface area contributed by atoms with Gasteiger partial charge in [0.05, 0.1) is 7.11 Å². The highest BCUT2D eigenvalue weighted by molar-refractivity contribution is 5.43. The summed E-state index contributed by atoms with van der Waals surface area (Å²) in [7, 11) is 3.64. The summed E-state index contributed by atoms with van der Waals surface area (Å²) in [5.74, 6) is 1.37. The van der Waals surface area contributed by atoms with Crippen molar-refractivity contribution in [1.29, 1.82) is 0 Å². The van der Waals surface area contributed by atoms with Gasteiger partial charge in [-0.1, -0.05) is 42.8 Å². The molecule has 0 amide bonds. The topological polar surface area (TPSA) is 54.0 Å². The summed E-state index contributed by atoms with van der Waals surface area (Å²) in [6.07, 6.45) is 3.28. The van der Waals surface area contributed by atoms with Gasteiger partial charge in [-0.05, 0) is 43.1 Å². The van der Waals surface area contributed by atoms with Gasteiger partial charge >= 0.3 is 0 Å². The molecular formula is C23H32N2O3. The predicted molar refractivity (Wildman–Crippen MR) is 112 cm³/mol. The second kappa shape index (κ2) is 10.5. The van der Waals surface area contributed by atoms with Crippen molar-refractivity contribution in [1.82, 2.24) is 10.2 Å². The molecule has 0 heterocycles. The first-order valence-electron chi connectivity index (χ1n) is 10.1. The van der Waals surface area contributed by atoms with Gasteiger partial charge in [-0.25, -0.2) is 0 Å². The summed E-state index contributed by atoms with van der Waals surface area (Å²) in [5, 5.41) is 13.9. The normalized spacial score (nSPS) is 15.3. The molecule has 0 radical (unpaired) electrons. The van der Waals surface area contributed by atoms with Crippen molar-refractivity contribution in [3.05, 3.63) is 59.7 Å². The van der Waals surface area contributed by atoms with Crippen molar-refractivity contribution in [3.8, 4) is 11.5 Å². The first-order chi connectivity index (χ1) is 13.6. The fourth-order valence-corrected chi connectivity index (χ4v) is 3.38. The predicted octanol–water partition coefficient (Wildman–Crippen LogP) is 3.21. The molecule has 1 aliphatic carbocycles. The lowest BCUT2D eigenvalue weighted by Gasteiger charge is -2.26. The number of likely N-dealkylation sites (N-methyl/N-ethyl adjacent to an activating group) is 1. The van der Waals surface area contributed by atoms with Crippen LogP contribution in [0.5, 0.6) is 11.5 Å². The molecule has 5 heteroatoms. The molecule has 2 aromatic rings. The summed E-state index contributed by atoms with van der Waals surface area (Å²) >= 11 is 0. The van der Waals surface area contributed by atoms with E-state index >= 15 is 0 Å². The van der Waals surface area contributed by atoms with E-state index in [1.807, 2.05) is 37.4 Å². The van der Waals surface area contributed by atoms with Gasteiger partial charge in [0, 0.05) is 25.7 Å². The summed E-state index contributed by atoms with van der Waals surface area (Å²) in [6, 6.07) is 16.9. The maximum atomic E-state index is 10.4. The summed E-state index contributed by atoms with van der Waals surface area (Å²) in [5.41, 5.74) is 2.39. The molecule has 2 aromatic carbocycles. The minimum absolute atomic E-state index is 0.231. The number of rotatable bonds is 11. The van der Waals surface area contributed by atoms with E-state index in [0.29, 0.717) is 24.1 Å². The fraction of sp³-hybridized carbons (Fsp3) is 0.478. The molecule has 0 bridgehead atoms. The van der Waals surface area contributed by atoms with Crippen LogP contribution in [0, 0.1) is 0 Å². The minimum Gasteiger partial charge on any atom is -0.493 e. The molecule has 1 fully saturated rings. The van der Waals surface area contributed by atoms with E-state index in [1.165, 1.54) is 30.4 Å². The molecule has 28 heavy (non-hydrogen) atoms. The number of hydrogen-bond donors (Lipinski definition) is 2. The smallest absolute Gasteiger partial charge is 0.161 e. The molecule has 1 aliphatic rings. The van der Waals surface area contributed by atoms with Crippen LogP contribution in [0.3, 0.4) is 0 Å². The second-order valence-electron chi connectivity index (χ2n) is 7.64. The van der Waals surface area contributed by atoms with E-state index in [9.17, 15) is 5.11 Å². The van der Waals surface area contributed by atoms with E-state index in [0.717, 1.165) is 13.1 Å². The molecule has 5 nitrogen and oxygen atoms in total. The fourth-order valence-electron chi connectivity index (χ4n) is 3.38. The third kappa shape index (κ3) is 6.23. The van der Waals surface area contributed by atoms with Crippen LogP contribution in [0.15, 0.2) is 48.5 Å². The molecule has 1 atom stereocenters. The average molecular weight is 385 g/mol. The molecule has 1 unspecified atom stereocenters. The highest BCUT2D eigenvalue weighted by Crippen LogP contribution is 2.28. The van der Waals surface area contributed by atoms with Gasteiger partial charge in [0.25, 0.3) is 0 Å². The number of ether oxygens (including phenoxy) is 2. The number of nitrogens with zero attached hydrogens (tertiary/aromatic N) is 1. The molecule has 0 aliphatic heterocycles. The Balaban J connectivity index is 1.48. The van der Waals surface area contributed by atoms with E-state index in [2.05, 4.69) is 28.4 Å². The maximum Gasteiger partial charge on any atom is 0.161 e. The standard InChI is InChI=1S/C23H32N2O3/c1-25(15-18-7-4-3-5-8-18)16-21(26)17-28-23-13-19(11-12-22(23)27-2)14-24-20-9-6-10-20/h3-5,7-8,11-13,20-21,24,26H,6,9-10,14-17H2,1-2H3. The Morgan fingerprint density at radius 1 is 1.11 bits per heavy atom. The van der Waals surface area contributed by atoms with E-state index in [-0.39, 0.29) is 6.61 Å². The zero-order chi connectivity index (χ0) is 19.8. The third-order valence-electron chi connectivity index (χ3n) is 5.18. The first kappa shape index (κ1) is 20.6. The van der Waals surface area contributed by atoms with E-state index in [1.54, 1.807) is 7.11 Å². The van der Waals surface area contributed by atoms with Crippen LogP contribution >= 0.6 is 0 Å². The van der Waals surface area contributed by atoms with Crippen LogP contribution in [0.1, 0.15) is 30.4 Å². The number of hydrogen-bond acceptors (Lipinski definition) is 5. The number of aliphatic hydroxyl groups excluding tert-OH is 1. The lowest BCUT2D eigenvalue weighted by atomic mass is 9.93. The Bertz CT molecular complexity index is 719. The third-order valence-corrected chi connectivity index (χ3v) is 5.18. The zero-order valence-electron chi connectivity index (χ0n) is 16.9. The summed E-state index contributed by atoms with van der Waals surface area (Å²) < 4.78 is 11.3. The van der Waals surface area contributed by atoms with Crippen LogP contribution in [-0.2, 0) is 13.1 Å². The van der Waals surface area contributed by atoms with Gasteiger partial charge < -0.3 is 19.9 Å². The Kier molecular flexibility index (Phi) is 7.71. The highest BCUT2D eigenvalue weighted by atomic mass is 16.5.